The Kier molecular flexibility index (Phi) is 6.08. The second-order valence-electron chi connectivity index (χ2n) is 5.77. The van der Waals surface area contributed by atoms with Crippen LogP contribution in [0.15, 0.2) is 23.2 Å². The fraction of sp³-hybridized carbons (Fsp3) is 0.562. The normalized spacial score (nSPS) is 21.9. The topological polar surface area (TPSA) is 56.7 Å². The first-order chi connectivity index (χ1) is 10.6. The summed E-state index contributed by atoms with van der Waals surface area (Å²) in [5, 5.41) is 15.7. The van der Waals surface area contributed by atoms with Crippen LogP contribution in [0.3, 0.4) is 0 Å². The van der Waals surface area contributed by atoms with E-state index in [4.69, 9.17) is 5.11 Å². The van der Waals surface area contributed by atoms with Crippen molar-refractivity contribution < 1.29 is 9.50 Å². The zero-order chi connectivity index (χ0) is 16.0. The number of nitrogens with one attached hydrogen (secondary N) is 2. The molecule has 1 heterocycles. The molecule has 0 aliphatic carbocycles. The molecule has 0 aromatic heterocycles. The van der Waals surface area contributed by atoms with Gasteiger partial charge in [-0.25, -0.2) is 4.39 Å². The summed E-state index contributed by atoms with van der Waals surface area (Å²) >= 11 is 2.00. The van der Waals surface area contributed by atoms with E-state index in [9.17, 15) is 4.39 Å². The van der Waals surface area contributed by atoms with Gasteiger partial charge in [0.25, 0.3) is 0 Å². The molecule has 0 bridgehead atoms. The van der Waals surface area contributed by atoms with Gasteiger partial charge >= 0.3 is 0 Å². The predicted molar refractivity (Wildman–Crippen MR) is 90.6 cm³/mol. The first-order valence-electron chi connectivity index (χ1n) is 7.53. The highest BCUT2D eigenvalue weighted by Crippen LogP contribution is 2.36. The number of nitrogens with zero attached hydrogens (tertiary/aromatic N) is 1. The molecule has 1 aromatic carbocycles. The van der Waals surface area contributed by atoms with Crippen molar-refractivity contribution >= 4 is 17.7 Å². The maximum absolute atomic E-state index is 13.4. The van der Waals surface area contributed by atoms with E-state index in [0.29, 0.717) is 12.1 Å². The number of hydrogen-bond acceptors (Lipinski definition) is 3. The number of halogens is 1. The Morgan fingerprint density at radius 1 is 1.45 bits per heavy atom. The van der Waals surface area contributed by atoms with Crippen molar-refractivity contribution in [1.29, 1.82) is 0 Å². The second kappa shape index (κ2) is 7.83. The highest BCUT2D eigenvalue weighted by Gasteiger charge is 2.29. The number of aliphatic hydroxyl groups excluding tert-OH is 1. The van der Waals surface area contributed by atoms with Crippen LogP contribution >= 0.6 is 11.8 Å². The third-order valence-electron chi connectivity index (χ3n) is 3.89. The summed E-state index contributed by atoms with van der Waals surface area (Å²) in [5.74, 6) is 1.59. The lowest BCUT2D eigenvalue weighted by atomic mass is 10.1. The van der Waals surface area contributed by atoms with Crippen molar-refractivity contribution in [3.05, 3.63) is 35.1 Å². The number of rotatable bonds is 5. The first kappa shape index (κ1) is 17.1. The van der Waals surface area contributed by atoms with Crippen LogP contribution < -0.4 is 10.6 Å². The number of aliphatic hydroxyl groups is 1. The Bertz CT molecular complexity index is 530. The van der Waals surface area contributed by atoms with Crippen LogP contribution in [-0.2, 0) is 13.2 Å². The van der Waals surface area contributed by atoms with Crippen molar-refractivity contribution in [2.75, 3.05) is 19.3 Å². The molecule has 22 heavy (non-hydrogen) atoms. The Morgan fingerprint density at radius 3 is 2.91 bits per heavy atom. The fourth-order valence-electron chi connectivity index (χ4n) is 2.51. The van der Waals surface area contributed by atoms with E-state index < -0.39 is 0 Å². The maximum atomic E-state index is 13.4. The standard InChI is InChI=1S/C16H24FN3OS/c1-16(6-3-7-22-16)11-20-15(18-2)19-9-12-4-5-14(17)13(8-12)10-21/h4-5,8,21H,3,6-7,9-11H2,1-2H3,(H2,18,19,20). The van der Waals surface area contributed by atoms with E-state index in [1.54, 1.807) is 19.2 Å². The minimum atomic E-state index is -0.375. The molecule has 1 aromatic rings. The lowest BCUT2D eigenvalue weighted by molar-refractivity contribution is 0.275. The average molecular weight is 325 g/mol. The molecule has 0 amide bonds. The molecule has 1 atom stereocenters. The molecule has 122 valence electrons. The van der Waals surface area contributed by atoms with E-state index in [1.165, 1.54) is 24.7 Å². The van der Waals surface area contributed by atoms with Gasteiger partial charge in [-0.3, -0.25) is 4.99 Å². The largest absolute Gasteiger partial charge is 0.392 e. The minimum absolute atomic E-state index is 0.275. The van der Waals surface area contributed by atoms with Gasteiger partial charge in [0.05, 0.1) is 6.61 Å². The van der Waals surface area contributed by atoms with Gasteiger partial charge < -0.3 is 15.7 Å². The summed E-state index contributed by atoms with van der Waals surface area (Å²) in [5.41, 5.74) is 1.23. The van der Waals surface area contributed by atoms with Crippen LogP contribution in [0.5, 0.6) is 0 Å². The molecule has 1 unspecified atom stereocenters. The molecule has 4 nitrogen and oxygen atoms in total. The van der Waals surface area contributed by atoms with Gasteiger partial charge in [0.2, 0.25) is 0 Å². The van der Waals surface area contributed by atoms with E-state index >= 15 is 0 Å². The predicted octanol–water partition coefficient (Wildman–Crippen LogP) is 2.27. The van der Waals surface area contributed by atoms with E-state index in [-0.39, 0.29) is 17.2 Å². The zero-order valence-electron chi connectivity index (χ0n) is 13.2. The van der Waals surface area contributed by atoms with Gasteiger partial charge in [-0.1, -0.05) is 6.07 Å². The quantitative estimate of drug-likeness (QED) is 0.574. The molecule has 3 N–H and O–H groups in total. The first-order valence-corrected chi connectivity index (χ1v) is 8.51. The summed E-state index contributed by atoms with van der Waals surface area (Å²) in [4.78, 5) is 4.22. The average Bonchev–Trinajstić information content (AvgIpc) is 2.96. The molecule has 6 heteroatoms. The Hall–Kier alpha value is -1.27. The Morgan fingerprint density at radius 2 is 2.27 bits per heavy atom. The third-order valence-corrected chi connectivity index (χ3v) is 5.43. The Balaban J connectivity index is 1.86. The summed E-state index contributed by atoms with van der Waals surface area (Å²) in [6, 6.07) is 4.77. The van der Waals surface area contributed by atoms with Crippen LogP contribution in [-0.4, -0.2) is 35.2 Å². The zero-order valence-corrected chi connectivity index (χ0v) is 14.0. The van der Waals surface area contributed by atoms with Gasteiger partial charge in [0.1, 0.15) is 5.82 Å². The summed E-state index contributed by atoms with van der Waals surface area (Å²) in [6.45, 7) is 3.40. The van der Waals surface area contributed by atoms with Crippen LogP contribution in [0.2, 0.25) is 0 Å². The SMILES string of the molecule is CN=C(NCc1ccc(F)c(CO)c1)NCC1(C)CCCS1. The third kappa shape index (κ3) is 4.61. The molecule has 0 spiro atoms. The maximum Gasteiger partial charge on any atom is 0.191 e. The number of hydrogen-bond donors (Lipinski definition) is 3. The van der Waals surface area contributed by atoms with Crippen LogP contribution in [0.4, 0.5) is 4.39 Å². The molecule has 0 saturated carbocycles. The molecule has 1 aliphatic rings. The van der Waals surface area contributed by atoms with Crippen molar-refractivity contribution in [1.82, 2.24) is 10.6 Å². The molecule has 1 fully saturated rings. The molecule has 2 rings (SSSR count). The highest BCUT2D eigenvalue weighted by molar-refractivity contribution is 8.00. The molecule has 1 aliphatic heterocycles. The lowest BCUT2D eigenvalue weighted by Gasteiger charge is -2.24. The molecular weight excluding hydrogens is 301 g/mol. The summed E-state index contributed by atoms with van der Waals surface area (Å²) in [6.07, 6.45) is 2.49. The minimum Gasteiger partial charge on any atom is -0.392 e. The smallest absolute Gasteiger partial charge is 0.191 e. The van der Waals surface area contributed by atoms with E-state index in [2.05, 4.69) is 22.5 Å². The number of guanidine groups is 1. The van der Waals surface area contributed by atoms with Crippen LogP contribution in [0.1, 0.15) is 30.9 Å². The number of aliphatic imine (C=N–C) groups is 1. The highest BCUT2D eigenvalue weighted by atomic mass is 32.2. The van der Waals surface area contributed by atoms with Crippen LogP contribution in [0.25, 0.3) is 0 Å². The van der Waals surface area contributed by atoms with Gasteiger partial charge in [0.15, 0.2) is 5.96 Å². The van der Waals surface area contributed by atoms with Gasteiger partial charge in [-0.05, 0) is 43.2 Å². The number of thioether (sulfide) groups is 1. The van der Waals surface area contributed by atoms with Gasteiger partial charge in [-0.2, -0.15) is 11.8 Å². The molecular formula is C16H24FN3OS. The second-order valence-corrected chi connectivity index (χ2v) is 7.45. The van der Waals surface area contributed by atoms with Crippen molar-refractivity contribution in [2.24, 2.45) is 4.99 Å². The monoisotopic (exact) mass is 325 g/mol. The van der Waals surface area contributed by atoms with E-state index in [0.717, 1.165) is 18.1 Å². The Labute approximate surface area is 135 Å². The number of benzene rings is 1. The summed E-state index contributed by atoms with van der Waals surface area (Å²) in [7, 11) is 1.74. The van der Waals surface area contributed by atoms with Crippen LogP contribution in [0, 0.1) is 5.82 Å². The molecule has 0 radical (unpaired) electrons. The lowest BCUT2D eigenvalue weighted by Crippen LogP contribution is -2.43. The van der Waals surface area contributed by atoms with Gasteiger partial charge in [0, 0.05) is 30.4 Å². The van der Waals surface area contributed by atoms with Crippen molar-refractivity contribution in [2.45, 2.75) is 37.7 Å². The summed E-state index contributed by atoms with van der Waals surface area (Å²) < 4.78 is 13.6. The van der Waals surface area contributed by atoms with E-state index in [1.807, 2.05) is 11.8 Å². The van der Waals surface area contributed by atoms with Crippen molar-refractivity contribution in [3.63, 3.8) is 0 Å². The van der Waals surface area contributed by atoms with Gasteiger partial charge in [-0.15, -0.1) is 0 Å². The van der Waals surface area contributed by atoms with Crippen molar-refractivity contribution in [3.8, 4) is 0 Å². The molecule has 1 saturated heterocycles. The fourth-order valence-corrected chi connectivity index (χ4v) is 3.76.